The summed E-state index contributed by atoms with van der Waals surface area (Å²) in [5.41, 5.74) is 0.761. The van der Waals surface area contributed by atoms with Crippen molar-refractivity contribution in [2.45, 2.75) is 25.7 Å². The van der Waals surface area contributed by atoms with Crippen molar-refractivity contribution >= 4 is 57.0 Å². The first-order valence-corrected chi connectivity index (χ1v) is 14.0. The fourth-order valence-electron chi connectivity index (χ4n) is 5.05. The van der Waals surface area contributed by atoms with Gasteiger partial charge in [0.15, 0.2) is 5.78 Å². The standard InChI is InChI=1S/C30H24BrClN2O6/c31-21-11-5-20(6-12-21)30(39)40-23-15-9-18(10-16-23)26(35)17-33(27(36)19-7-13-22(32)14-8-19)34-28(37)24-3-1-2-4-25(24)29(34)38/h5-16,24-25H,1-4,17H2/t24-,25+. The van der Waals surface area contributed by atoms with Crippen molar-refractivity contribution < 1.29 is 28.7 Å². The van der Waals surface area contributed by atoms with Crippen LogP contribution in [0.2, 0.25) is 5.02 Å². The molecule has 0 spiro atoms. The SMILES string of the molecule is O=C(CN(C(=O)c1ccc(Cl)cc1)N1C(=O)[C@H]2CCCC[C@H]2C1=O)c1ccc(OC(=O)c2ccc(Br)cc2)cc1. The molecule has 204 valence electrons. The molecule has 2 aliphatic rings. The zero-order valence-electron chi connectivity index (χ0n) is 21.2. The Morgan fingerprint density at radius 1 is 0.800 bits per heavy atom. The number of imide groups is 1. The quantitative estimate of drug-likeness (QED) is 0.144. The summed E-state index contributed by atoms with van der Waals surface area (Å²) < 4.78 is 6.21. The Kier molecular flexibility index (Phi) is 8.14. The molecule has 3 aromatic rings. The molecule has 0 aromatic heterocycles. The number of halogens is 2. The summed E-state index contributed by atoms with van der Waals surface area (Å²) in [5.74, 6) is -3.38. The Bertz CT molecular complexity index is 1450. The van der Waals surface area contributed by atoms with Crippen molar-refractivity contribution in [3.8, 4) is 5.75 Å². The van der Waals surface area contributed by atoms with Gasteiger partial charge in [-0.05, 0) is 85.6 Å². The third-order valence-electron chi connectivity index (χ3n) is 7.15. The van der Waals surface area contributed by atoms with Crippen molar-refractivity contribution in [2.75, 3.05) is 6.54 Å². The fourth-order valence-corrected chi connectivity index (χ4v) is 5.44. The van der Waals surface area contributed by atoms with Gasteiger partial charge in [0.25, 0.3) is 17.7 Å². The zero-order valence-corrected chi connectivity index (χ0v) is 23.6. The minimum absolute atomic E-state index is 0.183. The Morgan fingerprint density at radius 2 is 1.32 bits per heavy atom. The number of benzene rings is 3. The van der Waals surface area contributed by atoms with Crippen LogP contribution in [0.4, 0.5) is 0 Å². The first-order chi connectivity index (χ1) is 19.2. The van der Waals surface area contributed by atoms with E-state index in [1.165, 1.54) is 48.5 Å². The molecular weight excluding hydrogens is 600 g/mol. The third kappa shape index (κ3) is 5.71. The number of ether oxygens (including phenoxy) is 1. The van der Waals surface area contributed by atoms with Crippen LogP contribution in [0, 0.1) is 11.8 Å². The van der Waals surface area contributed by atoms with E-state index in [0.29, 0.717) is 23.4 Å². The number of fused-ring (bicyclic) bond motifs is 1. The molecule has 0 N–H and O–H groups in total. The number of esters is 1. The predicted molar refractivity (Wildman–Crippen MR) is 150 cm³/mol. The molecule has 1 aliphatic carbocycles. The summed E-state index contributed by atoms with van der Waals surface area (Å²) in [4.78, 5) is 65.9. The zero-order chi connectivity index (χ0) is 28.4. The summed E-state index contributed by atoms with van der Waals surface area (Å²) in [5, 5.41) is 2.22. The van der Waals surface area contributed by atoms with Crippen LogP contribution in [-0.4, -0.2) is 46.0 Å². The highest BCUT2D eigenvalue weighted by Crippen LogP contribution is 2.39. The van der Waals surface area contributed by atoms with Crippen LogP contribution in [0.25, 0.3) is 0 Å². The molecule has 0 radical (unpaired) electrons. The van der Waals surface area contributed by atoms with E-state index in [1.54, 1.807) is 24.3 Å². The lowest BCUT2D eigenvalue weighted by atomic mass is 9.81. The minimum atomic E-state index is -0.662. The Labute approximate surface area is 243 Å². The minimum Gasteiger partial charge on any atom is -0.423 e. The van der Waals surface area contributed by atoms with Crippen LogP contribution >= 0.6 is 27.5 Å². The molecular formula is C30H24BrClN2O6. The normalized spacial score (nSPS) is 18.3. The number of hydrazine groups is 1. The van der Waals surface area contributed by atoms with Gasteiger partial charge in [-0.2, -0.15) is 5.01 Å². The molecule has 2 fully saturated rings. The molecule has 40 heavy (non-hydrogen) atoms. The lowest BCUT2D eigenvalue weighted by Gasteiger charge is -2.30. The third-order valence-corrected chi connectivity index (χ3v) is 7.93. The average molecular weight is 624 g/mol. The smallest absolute Gasteiger partial charge is 0.343 e. The van der Waals surface area contributed by atoms with Crippen LogP contribution in [0.15, 0.2) is 77.3 Å². The molecule has 0 unspecified atom stereocenters. The number of hydrogen-bond acceptors (Lipinski definition) is 6. The molecule has 2 atom stereocenters. The summed E-state index contributed by atoms with van der Waals surface area (Å²) >= 11 is 9.29. The van der Waals surface area contributed by atoms with Gasteiger partial charge in [0, 0.05) is 20.6 Å². The molecule has 10 heteroatoms. The van der Waals surface area contributed by atoms with Gasteiger partial charge in [-0.1, -0.05) is 40.4 Å². The van der Waals surface area contributed by atoms with Gasteiger partial charge in [-0.15, -0.1) is 0 Å². The first kappa shape index (κ1) is 27.7. The first-order valence-electron chi connectivity index (χ1n) is 12.8. The highest BCUT2D eigenvalue weighted by molar-refractivity contribution is 9.10. The van der Waals surface area contributed by atoms with Gasteiger partial charge in [-0.3, -0.25) is 19.2 Å². The van der Waals surface area contributed by atoms with E-state index in [2.05, 4.69) is 15.9 Å². The average Bonchev–Trinajstić information content (AvgIpc) is 3.22. The van der Waals surface area contributed by atoms with E-state index in [9.17, 15) is 24.0 Å². The van der Waals surface area contributed by atoms with E-state index >= 15 is 0 Å². The van der Waals surface area contributed by atoms with Gasteiger partial charge in [0.2, 0.25) is 0 Å². The van der Waals surface area contributed by atoms with Crippen LogP contribution in [-0.2, 0) is 9.59 Å². The van der Waals surface area contributed by atoms with Gasteiger partial charge >= 0.3 is 5.97 Å². The monoisotopic (exact) mass is 622 g/mol. The second kappa shape index (κ2) is 11.7. The maximum atomic E-state index is 13.6. The Hall–Kier alpha value is -3.82. The predicted octanol–water partition coefficient (Wildman–Crippen LogP) is 5.74. The van der Waals surface area contributed by atoms with Crippen molar-refractivity contribution in [1.82, 2.24) is 10.0 Å². The van der Waals surface area contributed by atoms with E-state index in [4.69, 9.17) is 16.3 Å². The van der Waals surface area contributed by atoms with Crippen molar-refractivity contribution in [3.63, 3.8) is 0 Å². The molecule has 0 bridgehead atoms. The fraction of sp³-hybridized carbons (Fsp3) is 0.233. The molecule has 3 amide bonds. The lowest BCUT2D eigenvalue weighted by Crippen LogP contribution is -2.52. The van der Waals surface area contributed by atoms with Gasteiger partial charge in [-0.25, -0.2) is 9.80 Å². The molecule has 1 saturated heterocycles. The molecule has 8 nitrogen and oxygen atoms in total. The van der Waals surface area contributed by atoms with E-state index in [-0.39, 0.29) is 16.9 Å². The van der Waals surface area contributed by atoms with Gasteiger partial charge in [0.05, 0.1) is 17.4 Å². The second-order valence-electron chi connectivity index (χ2n) is 9.70. The number of carbonyl (C=O) groups excluding carboxylic acids is 5. The van der Waals surface area contributed by atoms with Crippen LogP contribution in [0.3, 0.4) is 0 Å². The lowest BCUT2D eigenvalue weighted by molar-refractivity contribution is -0.154. The van der Waals surface area contributed by atoms with Crippen molar-refractivity contribution in [3.05, 3.63) is 99.0 Å². The maximum Gasteiger partial charge on any atom is 0.343 e. The highest BCUT2D eigenvalue weighted by Gasteiger charge is 2.51. The number of amides is 3. The maximum absolute atomic E-state index is 13.6. The van der Waals surface area contributed by atoms with E-state index in [0.717, 1.165) is 27.3 Å². The highest BCUT2D eigenvalue weighted by atomic mass is 79.9. The number of Topliss-reactive ketones (excluding diaryl/α,β-unsaturated/α-hetero) is 1. The van der Waals surface area contributed by atoms with E-state index in [1.807, 2.05) is 0 Å². The molecule has 1 aliphatic heterocycles. The largest absolute Gasteiger partial charge is 0.423 e. The van der Waals surface area contributed by atoms with E-state index < -0.39 is 47.9 Å². The summed E-state index contributed by atoms with van der Waals surface area (Å²) in [7, 11) is 0. The van der Waals surface area contributed by atoms with Crippen LogP contribution in [0.1, 0.15) is 56.8 Å². The van der Waals surface area contributed by atoms with Crippen molar-refractivity contribution in [1.29, 1.82) is 0 Å². The van der Waals surface area contributed by atoms with Gasteiger partial charge in [0.1, 0.15) is 12.3 Å². The molecule has 5 rings (SSSR count). The molecule has 1 heterocycles. The molecule has 1 saturated carbocycles. The second-order valence-corrected chi connectivity index (χ2v) is 11.1. The molecule has 3 aromatic carbocycles. The summed E-state index contributed by atoms with van der Waals surface area (Å²) in [6.45, 7) is -0.531. The number of ketones is 1. The number of rotatable bonds is 7. The number of hydrogen-bond donors (Lipinski definition) is 0. The van der Waals surface area contributed by atoms with Gasteiger partial charge < -0.3 is 4.74 Å². The van der Waals surface area contributed by atoms with Crippen LogP contribution in [0.5, 0.6) is 5.75 Å². The number of nitrogens with zero attached hydrogens (tertiary/aromatic N) is 2. The Balaban J connectivity index is 1.36. The summed E-state index contributed by atoms with van der Waals surface area (Å²) in [6.07, 6.45) is 2.81. The topological polar surface area (TPSA) is 101 Å². The van der Waals surface area contributed by atoms with Crippen LogP contribution < -0.4 is 4.74 Å². The number of carbonyl (C=O) groups is 5. The van der Waals surface area contributed by atoms with Crippen molar-refractivity contribution in [2.24, 2.45) is 11.8 Å². The summed E-state index contributed by atoms with van der Waals surface area (Å²) in [6, 6.07) is 18.6. The Morgan fingerprint density at radius 3 is 1.90 bits per heavy atom.